The maximum absolute atomic E-state index is 2.46. The van der Waals surface area contributed by atoms with Gasteiger partial charge in [-0.3, -0.25) is 0 Å². The first kappa shape index (κ1) is 31.8. The number of para-hydroxylation sites is 4. The van der Waals surface area contributed by atoms with Gasteiger partial charge in [0.25, 0.3) is 0 Å². The fourth-order valence-electron chi connectivity index (χ4n) is 9.67. The maximum atomic E-state index is 2.46. The van der Waals surface area contributed by atoms with Crippen molar-refractivity contribution >= 4 is 96.9 Å². The zero-order valence-corrected chi connectivity index (χ0v) is 32.1. The van der Waals surface area contributed by atoms with Gasteiger partial charge in [-0.1, -0.05) is 109 Å². The fourth-order valence-corrected chi connectivity index (χ4v) is 10.8. The van der Waals surface area contributed by atoms with E-state index in [0.29, 0.717) is 0 Å². The van der Waals surface area contributed by atoms with Crippen LogP contribution in [0.5, 0.6) is 0 Å². The third-order valence-corrected chi connectivity index (χ3v) is 13.4. The number of thiophene rings is 1. The summed E-state index contributed by atoms with van der Waals surface area (Å²) in [7, 11) is 0. The number of aromatic nitrogens is 3. The lowest BCUT2D eigenvalue weighted by atomic mass is 10.0. The van der Waals surface area contributed by atoms with Crippen LogP contribution in [0.4, 0.5) is 0 Å². The van der Waals surface area contributed by atoms with Gasteiger partial charge < -0.3 is 13.7 Å². The molecule has 0 N–H and O–H groups in total. The third kappa shape index (κ3) is 4.49. The molecule has 58 heavy (non-hydrogen) atoms. The summed E-state index contributed by atoms with van der Waals surface area (Å²) in [5.74, 6) is 0. The topological polar surface area (TPSA) is 14.8 Å². The van der Waals surface area contributed by atoms with E-state index in [1.807, 2.05) is 11.3 Å². The van der Waals surface area contributed by atoms with E-state index in [1.165, 1.54) is 108 Å². The molecule has 9 aromatic carbocycles. The summed E-state index contributed by atoms with van der Waals surface area (Å²) in [6, 6.07) is 73.8. The van der Waals surface area contributed by atoms with Gasteiger partial charge in [0, 0.05) is 69.6 Å². The highest BCUT2D eigenvalue weighted by molar-refractivity contribution is 7.25. The number of nitrogens with zero attached hydrogens (tertiary/aromatic N) is 3. The highest BCUT2D eigenvalue weighted by atomic mass is 32.1. The van der Waals surface area contributed by atoms with Crippen LogP contribution in [0.3, 0.4) is 0 Å². The molecule has 0 atom stereocenters. The SMILES string of the molecule is c1ccc(-n2c3ccccc3c3cc(-c4ccc5c(c4)c4ccccc4n5-c4ccc5c6ccccc6n(-c6ccc7sc8ccccc8c7c6)c5c4)ccc32)cc1. The minimum atomic E-state index is 1.15. The monoisotopic (exact) mass is 755 g/mol. The molecule has 13 rings (SSSR count). The average Bonchev–Trinajstić information content (AvgIpc) is 4.02. The van der Waals surface area contributed by atoms with Crippen LogP contribution in [0.25, 0.3) is 114 Å². The number of hydrogen-bond donors (Lipinski definition) is 0. The maximum Gasteiger partial charge on any atom is 0.0561 e. The van der Waals surface area contributed by atoms with Gasteiger partial charge in [0.05, 0.1) is 33.1 Å². The Morgan fingerprint density at radius 2 is 0.690 bits per heavy atom. The van der Waals surface area contributed by atoms with Crippen molar-refractivity contribution in [2.75, 3.05) is 0 Å². The molecule has 4 aromatic heterocycles. The fraction of sp³-hybridized carbons (Fsp3) is 0. The van der Waals surface area contributed by atoms with E-state index in [4.69, 9.17) is 0 Å². The number of benzene rings is 9. The van der Waals surface area contributed by atoms with Crippen molar-refractivity contribution < 1.29 is 0 Å². The number of hydrogen-bond acceptors (Lipinski definition) is 1. The molecule has 0 amide bonds. The van der Waals surface area contributed by atoms with Gasteiger partial charge >= 0.3 is 0 Å². The smallest absolute Gasteiger partial charge is 0.0561 e. The highest BCUT2D eigenvalue weighted by Crippen LogP contribution is 2.41. The van der Waals surface area contributed by atoms with Crippen molar-refractivity contribution in [3.63, 3.8) is 0 Å². The highest BCUT2D eigenvalue weighted by Gasteiger charge is 2.19. The van der Waals surface area contributed by atoms with Crippen molar-refractivity contribution in [2.45, 2.75) is 0 Å². The van der Waals surface area contributed by atoms with Gasteiger partial charge in [-0.2, -0.15) is 0 Å². The average molecular weight is 756 g/mol. The van der Waals surface area contributed by atoms with Crippen molar-refractivity contribution in [1.82, 2.24) is 13.7 Å². The van der Waals surface area contributed by atoms with Crippen molar-refractivity contribution in [3.05, 3.63) is 200 Å². The summed E-state index contributed by atoms with van der Waals surface area (Å²) in [4.78, 5) is 0. The first-order valence-electron chi connectivity index (χ1n) is 19.8. The van der Waals surface area contributed by atoms with Gasteiger partial charge in [-0.05, 0) is 102 Å². The molecule has 13 aromatic rings. The van der Waals surface area contributed by atoms with Gasteiger partial charge in [-0.15, -0.1) is 11.3 Å². The molecule has 0 aliphatic rings. The Morgan fingerprint density at radius 1 is 0.241 bits per heavy atom. The molecule has 0 radical (unpaired) electrons. The Morgan fingerprint density at radius 3 is 1.34 bits per heavy atom. The summed E-state index contributed by atoms with van der Waals surface area (Å²) < 4.78 is 9.92. The summed E-state index contributed by atoms with van der Waals surface area (Å²) >= 11 is 1.86. The second-order valence-electron chi connectivity index (χ2n) is 15.3. The number of fused-ring (bicyclic) bond motifs is 12. The summed E-state index contributed by atoms with van der Waals surface area (Å²) in [5.41, 5.74) is 13.1. The largest absolute Gasteiger partial charge is 0.309 e. The lowest BCUT2D eigenvalue weighted by Crippen LogP contribution is -1.97. The van der Waals surface area contributed by atoms with Crippen molar-refractivity contribution in [3.8, 4) is 28.2 Å². The van der Waals surface area contributed by atoms with Gasteiger partial charge in [-0.25, -0.2) is 0 Å². The van der Waals surface area contributed by atoms with E-state index < -0.39 is 0 Å². The zero-order chi connectivity index (χ0) is 37.9. The lowest BCUT2D eigenvalue weighted by molar-refractivity contribution is 1.16. The van der Waals surface area contributed by atoms with E-state index in [2.05, 4.69) is 214 Å². The Kier molecular flexibility index (Phi) is 6.60. The molecule has 0 bridgehead atoms. The summed E-state index contributed by atoms with van der Waals surface area (Å²) in [6.45, 7) is 0. The van der Waals surface area contributed by atoms with Crippen LogP contribution >= 0.6 is 11.3 Å². The molecule has 0 saturated carbocycles. The molecular weight excluding hydrogens is 723 g/mol. The molecule has 0 aliphatic heterocycles. The first-order chi connectivity index (χ1) is 28.8. The van der Waals surface area contributed by atoms with E-state index in [1.54, 1.807) is 0 Å². The third-order valence-electron chi connectivity index (χ3n) is 12.2. The quantitative estimate of drug-likeness (QED) is 0.170. The van der Waals surface area contributed by atoms with Gasteiger partial charge in [0.2, 0.25) is 0 Å². The molecule has 0 spiro atoms. The molecular formula is C54H33N3S. The van der Waals surface area contributed by atoms with Crippen LogP contribution in [0.15, 0.2) is 200 Å². The number of rotatable bonds is 4. The van der Waals surface area contributed by atoms with Gasteiger partial charge in [0.15, 0.2) is 0 Å². The molecule has 0 fully saturated rings. The van der Waals surface area contributed by atoms with E-state index in [-0.39, 0.29) is 0 Å². The normalized spacial score (nSPS) is 12.1. The Labute approximate surface area is 337 Å². The molecule has 0 unspecified atom stereocenters. The molecule has 0 aliphatic carbocycles. The summed E-state index contributed by atoms with van der Waals surface area (Å²) in [5, 5.41) is 10.1. The molecule has 270 valence electrons. The van der Waals surface area contributed by atoms with Crippen LogP contribution in [-0.2, 0) is 0 Å². The second kappa shape index (κ2) is 12.1. The minimum absolute atomic E-state index is 1.15. The Balaban J connectivity index is 1.000. The van der Waals surface area contributed by atoms with E-state index in [0.717, 1.165) is 5.69 Å². The molecule has 3 nitrogen and oxygen atoms in total. The van der Waals surface area contributed by atoms with Crippen LogP contribution < -0.4 is 0 Å². The minimum Gasteiger partial charge on any atom is -0.309 e. The Bertz CT molecular complexity index is 3800. The predicted octanol–water partition coefficient (Wildman–Crippen LogP) is 15.0. The molecule has 0 saturated heterocycles. The van der Waals surface area contributed by atoms with Crippen molar-refractivity contribution in [1.29, 1.82) is 0 Å². The van der Waals surface area contributed by atoms with E-state index in [9.17, 15) is 0 Å². The van der Waals surface area contributed by atoms with Gasteiger partial charge in [0.1, 0.15) is 0 Å². The second-order valence-corrected chi connectivity index (χ2v) is 16.4. The zero-order valence-electron chi connectivity index (χ0n) is 31.3. The first-order valence-corrected chi connectivity index (χ1v) is 20.7. The van der Waals surface area contributed by atoms with Crippen LogP contribution in [0.2, 0.25) is 0 Å². The van der Waals surface area contributed by atoms with E-state index >= 15 is 0 Å². The summed E-state index contributed by atoms with van der Waals surface area (Å²) in [6.07, 6.45) is 0. The predicted molar refractivity (Wildman–Crippen MR) is 248 cm³/mol. The lowest BCUT2D eigenvalue weighted by Gasteiger charge is -2.12. The molecule has 4 heterocycles. The van der Waals surface area contributed by atoms with Crippen LogP contribution in [-0.4, -0.2) is 13.7 Å². The standard InChI is InChI=1S/C54H33N3S/c1-2-12-36(13-3-1)55-48-19-9-5-15-40(48)44-30-34(22-27-50(44)55)35-23-28-51-45(31-35)41-16-6-10-20-49(41)56(51)38-24-26-42-39-14-4-8-18-47(39)57(52(42)33-38)37-25-29-54-46(32-37)43-17-7-11-21-53(43)58-54/h1-33H. The van der Waals surface area contributed by atoms with Crippen LogP contribution in [0, 0.1) is 0 Å². The van der Waals surface area contributed by atoms with Crippen LogP contribution in [0.1, 0.15) is 0 Å². The Hall–Kier alpha value is -7.40. The molecule has 4 heteroatoms. The van der Waals surface area contributed by atoms with Crippen molar-refractivity contribution in [2.24, 2.45) is 0 Å².